The minimum Gasteiger partial charge on any atom is -0.444 e. The Kier molecular flexibility index (Phi) is 4.86. The molecule has 1 aromatic rings. The molecule has 19 heavy (non-hydrogen) atoms. The highest BCUT2D eigenvalue weighted by Gasteiger charge is 2.20. The van der Waals surface area contributed by atoms with Crippen LogP contribution in [0, 0.1) is 18.3 Å². The molecule has 0 aromatic carbocycles. The molecule has 0 aliphatic heterocycles. The van der Waals surface area contributed by atoms with E-state index in [1.807, 2.05) is 6.07 Å². The number of anilines is 1. The summed E-state index contributed by atoms with van der Waals surface area (Å²) in [7, 11) is 0. The Morgan fingerprint density at radius 2 is 2.26 bits per heavy atom. The van der Waals surface area contributed by atoms with Crippen molar-refractivity contribution in [3.63, 3.8) is 0 Å². The van der Waals surface area contributed by atoms with Gasteiger partial charge in [0.1, 0.15) is 11.7 Å². The molecule has 1 unspecified atom stereocenters. The maximum atomic E-state index is 11.6. The van der Waals surface area contributed by atoms with Gasteiger partial charge in [0.2, 0.25) is 0 Å². The number of nitrogens with zero attached hydrogens (tertiary/aromatic N) is 2. The van der Waals surface area contributed by atoms with Crippen LogP contribution in [0.15, 0.2) is 0 Å². The van der Waals surface area contributed by atoms with E-state index in [1.165, 1.54) is 0 Å². The molecular weight excluding hydrogens is 266 g/mol. The van der Waals surface area contributed by atoms with Crippen molar-refractivity contribution in [2.75, 3.05) is 5.32 Å². The predicted molar refractivity (Wildman–Crippen MR) is 71.9 cm³/mol. The quantitative estimate of drug-likeness (QED) is 0.889. The van der Waals surface area contributed by atoms with Gasteiger partial charge in [-0.1, -0.05) is 11.3 Å². The first-order valence-corrected chi connectivity index (χ1v) is 6.57. The maximum absolute atomic E-state index is 11.6. The number of aryl methyl sites for hydroxylation is 1. The summed E-state index contributed by atoms with van der Waals surface area (Å²) in [6.45, 7) is 7.01. The molecule has 0 bridgehead atoms. The molecular formula is C12H17N3O3S. The molecule has 104 valence electrons. The topological polar surface area (TPSA) is 95.2 Å². The number of hydrogen-bond donors (Lipinski definition) is 2. The van der Waals surface area contributed by atoms with Gasteiger partial charge in [0, 0.05) is 0 Å². The Bertz CT molecular complexity index is 499. The predicted octanol–water partition coefficient (Wildman–Crippen LogP) is 2.75. The summed E-state index contributed by atoms with van der Waals surface area (Å²) in [5.41, 5.74) is 0.0123. The summed E-state index contributed by atoms with van der Waals surface area (Å²) in [5.74, 6) is 0. The molecule has 1 amide bonds. The summed E-state index contributed by atoms with van der Waals surface area (Å²) in [6, 6.07) is 1.89. The third kappa shape index (κ3) is 4.85. The lowest BCUT2D eigenvalue weighted by molar-refractivity contribution is 0.0636. The SMILES string of the molecule is Cc1nc(NC(=O)OC(C)(C)C)sc1C(O)CC#N. The molecule has 0 radical (unpaired) electrons. The molecule has 1 atom stereocenters. The second-order valence-electron chi connectivity index (χ2n) is 4.97. The number of ether oxygens (including phenoxy) is 1. The lowest BCUT2D eigenvalue weighted by Crippen LogP contribution is -2.27. The molecule has 1 aromatic heterocycles. The minimum absolute atomic E-state index is 0.00505. The van der Waals surface area contributed by atoms with Crippen molar-refractivity contribution in [3.8, 4) is 6.07 Å². The molecule has 0 saturated carbocycles. The van der Waals surface area contributed by atoms with Crippen LogP contribution in [-0.2, 0) is 4.74 Å². The lowest BCUT2D eigenvalue weighted by atomic mass is 10.2. The normalized spacial score (nSPS) is 12.6. The summed E-state index contributed by atoms with van der Waals surface area (Å²) in [6.07, 6.45) is -1.48. The van der Waals surface area contributed by atoms with Crippen molar-refractivity contribution in [1.82, 2.24) is 4.98 Å². The zero-order valence-electron chi connectivity index (χ0n) is 11.4. The van der Waals surface area contributed by atoms with Gasteiger partial charge in [0.05, 0.1) is 23.1 Å². The van der Waals surface area contributed by atoms with Crippen molar-refractivity contribution >= 4 is 22.6 Å². The van der Waals surface area contributed by atoms with Gasteiger partial charge in [-0.05, 0) is 27.7 Å². The highest BCUT2D eigenvalue weighted by molar-refractivity contribution is 7.16. The molecule has 2 N–H and O–H groups in total. The van der Waals surface area contributed by atoms with E-state index in [2.05, 4.69) is 10.3 Å². The second kappa shape index (κ2) is 5.99. The van der Waals surface area contributed by atoms with Gasteiger partial charge in [-0.2, -0.15) is 5.26 Å². The third-order valence-electron chi connectivity index (χ3n) is 2.03. The van der Waals surface area contributed by atoms with Gasteiger partial charge in [-0.15, -0.1) is 0 Å². The van der Waals surface area contributed by atoms with E-state index in [4.69, 9.17) is 10.00 Å². The van der Waals surface area contributed by atoms with Crippen LogP contribution < -0.4 is 5.32 Å². The Morgan fingerprint density at radius 1 is 1.63 bits per heavy atom. The van der Waals surface area contributed by atoms with Crippen LogP contribution in [0.5, 0.6) is 0 Å². The Balaban J connectivity index is 2.74. The average molecular weight is 283 g/mol. The van der Waals surface area contributed by atoms with Crippen LogP contribution in [-0.4, -0.2) is 21.8 Å². The van der Waals surface area contributed by atoms with E-state index in [0.29, 0.717) is 15.7 Å². The number of carbonyl (C=O) groups excluding carboxylic acids is 1. The number of nitriles is 1. The molecule has 1 rings (SSSR count). The Hall–Kier alpha value is -1.65. The first-order valence-electron chi connectivity index (χ1n) is 5.75. The van der Waals surface area contributed by atoms with Gasteiger partial charge < -0.3 is 9.84 Å². The zero-order chi connectivity index (χ0) is 14.6. The molecule has 0 saturated heterocycles. The Labute approximate surface area is 116 Å². The largest absolute Gasteiger partial charge is 0.444 e. The molecule has 1 heterocycles. The van der Waals surface area contributed by atoms with Gasteiger partial charge in [0.15, 0.2) is 5.13 Å². The summed E-state index contributed by atoms with van der Waals surface area (Å²) >= 11 is 1.14. The van der Waals surface area contributed by atoms with E-state index in [0.717, 1.165) is 11.3 Å². The van der Waals surface area contributed by atoms with E-state index >= 15 is 0 Å². The van der Waals surface area contributed by atoms with E-state index in [1.54, 1.807) is 27.7 Å². The average Bonchev–Trinajstić information content (AvgIpc) is 2.56. The first-order chi connectivity index (χ1) is 8.73. The van der Waals surface area contributed by atoms with Crippen LogP contribution in [0.25, 0.3) is 0 Å². The molecule has 0 spiro atoms. The van der Waals surface area contributed by atoms with Gasteiger partial charge in [-0.25, -0.2) is 9.78 Å². The second-order valence-corrected chi connectivity index (χ2v) is 6.00. The Morgan fingerprint density at radius 3 is 2.79 bits per heavy atom. The van der Waals surface area contributed by atoms with E-state index in [-0.39, 0.29) is 6.42 Å². The number of aromatic nitrogens is 1. The smallest absolute Gasteiger partial charge is 0.413 e. The molecule has 7 heteroatoms. The van der Waals surface area contributed by atoms with E-state index in [9.17, 15) is 9.90 Å². The molecule has 0 aliphatic carbocycles. The van der Waals surface area contributed by atoms with Crippen molar-refractivity contribution in [2.24, 2.45) is 0 Å². The highest BCUT2D eigenvalue weighted by atomic mass is 32.1. The van der Waals surface area contributed by atoms with Crippen LogP contribution in [0.1, 0.15) is 43.9 Å². The van der Waals surface area contributed by atoms with Crippen LogP contribution in [0.3, 0.4) is 0 Å². The third-order valence-corrected chi connectivity index (χ3v) is 3.20. The number of nitrogens with one attached hydrogen (secondary N) is 1. The van der Waals surface area contributed by atoms with Gasteiger partial charge in [-0.3, -0.25) is 5.32 Å². The monoisotopic (exact) mass is 283 g/mol. The number of rotatable bonds is 3. The maximum Gasteiger partial charge on any atom is 0.413 e. The molecule has 0 fully saturated rings. The first kappa shape index (κ1) is 15.4. The van der Waals surface area contributed by atoms with Crippen molar-refractivity contribution in [3.05, 3.63) is 10.6 Å². The van der Waals surface area contributed by atoms with Crippen LogP contribution in [0.4, 0.5) is 9.93 Å². The summed E-state index contributed by atoms with van der Waals surface area (Å²) < 4.78 is 5.10. The van der Waals surface area contributed by atoms with Gasteiger partial charge in [0.25, 0.3) is 0 Å². The summed E-state index contributed by atoms with van der Waals surface area (Å²) in [4.78, 5) is 16.3. The number of aliphatic hydroxyl groups excluding tert-OH is 1. The molecule has 6 nitrogen and oxygen atoms in total. The fourth-order valence-corrected chi connectivity index (χ4v) is 2.28. The standard InChI is InChI=1S/C12H17N3O3S/c1-7-9(8(16)5-6-13)19-10(14-7)15-11(17)18-12(2,3)4/h8,16H,5H2,1-4H3,(H,14,15,17). The zero-order valence-corrected chi connectivity index (χ0v) is 12.2. The van der Waals surface area contributed by atoms with Crippen LogP contribution >= 0.6 is 11.3 Å². The number of hydrogen-bond acceptors (Lipinski definition) is 6. The molecule has 0 aliphatic rings. The van der Waals surface area contributed by atoms with Crippen molar-refractivity contribution in [2.45, 2.75) is 45.8 Å². The number of amides is 1. The fraction of sp³-hybridized carbons (Fsp3) is 0.583. The number of carbonyl (C=O) groups is 1. The van der Waals surface area contributed by atoms with Gasteiger partial charge >= 0.3 is 6.09 Å². The van der Waals surface area contributed by atoms with Crippen LogP contribution in [0.2, 0.25) is 0 Å². The highest BCUT2D eigenvalue weighted by Crippen LogP contribution is 2.30. The fourth-order valence-electron chi connectivity index (χ4n) is 1.34. The van der Waals surface area contributed by atoms with Crippen molar-refractivity contribution < 1.29 is 14.6 Å². The lowest BCUT2D eigenvalue weighted by Gasteiger charge is -2.18. The summed E-state index contributed by atoms with van der Waals surface area (Å²) in [5, 5.41) is 21.1. The van der Waals surface area contributed by atoms with E-state index < -0.39 is 17.8 Å². The number of thiazole rings is 1. The minimum atomic E-state index is -0.878. The van der Waals surface area contributed by atoms with Crippen molar-refractivity contribution in [1.29, 1.82) is 5.26 Å². The number of aliphatic hydroxyl groups is 1.